The smallest absolute Gasteiger partial charge is 0.0462 e. The molecule has 0 N–H and O–H groups in total. The van der Waals surface area contributed by atoms with Crippen molar-refractivity contribution in [2.75, 3.05) is 4.90 Å². The zero-order valence-electron chi connectivity index (χ0n) is 30.7. The first-order chi connectivity index (χ1) is 27.7. The molecule has 10 aromatic rings. The monoisotopic (exact) mass is 731 g/mol. The number of hydrogen-bond donors (Lipinski definition) is 0. The van der Waals surface area contributed by atoms with E-state index >= 15 is 0 Å². The predicted octanol–water partition coefficient (Wildman–Crippen LogP) is 15.9. The maximum absolute atomic E-state index is 2.34. The highest BCUT2D eigenvalue weighted by Crippen LogP contribution is 2.41. The van der Waals surface area contributed by atoms with E-state index in [9.17, 15) is 0 Å². The van der Waals surface area contributed by atoms with Gasteiger partial charge in [0.1, 0.15) is 0 Å². The SMILES string of the molecule is c1ccc(-c2ccc(N(c3ccc(-c4ccccc4)cc3)c3ccc(-c4ccc(-c5cccc(-c6cccc7c6sc6ccccc67)c5)cc4)cc3)cc2)cc1. The molecular formula is C54H37NS. The van der Waals surface area contributed by atoms with Crippen LogP contribution in [0.1, 0.15) is 0 Å². The van der Waals surface area contributed by atoms with Gasteiger partial charge < -0.3 is 4.90 Å². The lowest BCUT2D eigenvalue weighted by atomic mass is 9.96. The van der Waals surface area contributed by atoms with Gasteiger partial charge in [-0.15, -0.1) is 11.3 Å². The number of benzene rings is 9. The van der Waals surface area contributed by atoms with Crippen LogP contribution in [0.5, 0.6) is 0 Å². The molecule has 1 nitrogen and oxygen atoms in total. The van der Waals surface area contributed by atoms with Crippen molar-refractivity contribution in [1.29, 1.82) is 0 Å². The van der Waals surface area contributed by atoms with E-state index in [1.165, 1.54) is 75.8 Å². The Morgan fingerprint density at radius 2 is 0.643 bits per heavy atom. The quantitative estimate of drug-likeness (QED) is 0.150. The molecule has 0 saturated heterocycles. The van der Waals surface area contributed by atoms with E-state index in [1.807, 2.05) is 11.3 Å². The van der Waals surface area contributed by atoms with Gasteiger partial charge in [0, 0.05) is 37.2 Å². The van der Waals surface area contributed by atoms with Gasteiger partial charge in [0.05, 0.1) is 0 Å². The van der Waals surface area contributed by atoms with Crippen molar-refractivity contribution >= 4 is 48.6 Å². The van der Waals surface area contributed by atoms with Gasteiger partial charge in [0.25, 0.3) is 0 Å². The Kier molecular flexibility index (Phi) is 8.79. The molecule has 0 fully saturated rings. The molecule has 0 atom stereocenters. The number of fused-ring (bicyclic) bond motifs is 3. The second kappa shape index (κ2) is 14.7. The Balaban J connectivity index is 0.941. The molecule has 0 saturated carbocycles. The molecule has 9 aromatic carbocycles. The molecule has 0 aliphatic rings. The molecule has 264 valence electrons. The molecular weight excluding hydrogens is 695 g/mol. The summed E-state index contributed by atoms with van der Waals surface area (Å²) in [6.45, 7) is 0. The number of nitrogens with zero attached hydrogens (tertiary/aromatic N) is 1. The summed E-state index contributed by atoms with van der Waals surface area (Å²) in [6.07, 6.45) is 0. The first-order valence-electron chi connectivity index (χ1n) is 19.1. The number of anilines is 3. The number of hydrogen-bond acceptors (Lipinski definition) is 2. The molecule has 1 aromatic heterocycles. The van der Waals surface area contributed by atoms with Crippen LogP contribution in [0.2, 0.25) is 0 Å². The second-order valence-electron chi connectivity index (χ2n) is 14.1. The molecule has 0 bridgehead atoms. The molecule has 0 radical (unpaired) electrons. The zero-order chi connectivity index (χ0) is 37.3. The largest absolute Gasteiger partial charge is 0.311 e. The minimum atomic E-state index is 1.11. The first kappa shape index (κ1) is 33.6. The van der Waals surface area contributed by atoms with E-state index in [2.05, 4.69) is 229 Å². The fourth-order valence-corrected chi connectivity index (χ4v) is 9.05. The molecule has 1 heterocycles. The molecule has 2 heteroatoms. The van der Waals surface area contributed by atoms with Crippen molar-refractivity contribution < 1.29 is 0 Å². The lowest BCUT2D eigenvalue weighted by Gasteiger charge is -2.26. The minimum Gasteiger partial charge on any atom is -0.311 e. The van der Waals surface area contributed by atoms with Crippen LogP contribution < -0.4 is 4.90 Å². The lowest BCUT2D eigenvalue weighted by molar-refractivity contribution is 1.28. The third-order valence-corrected chi connectivity index (χ3v) is 11.9. The standard InChI is InChI=1S/C54H37NS/c1-3-11-38(12-4-1)41-25-31-47(32-26-41)55(48-33-27-42(28-34-48)39-13-5-2-6-14-39)49-35-29-43(30-36-49)40-21-23-44(24-22-40)45-15-9-16-46(37-45)50-18-10-19-52-51-17-7-8-20-53(51)56-54(50)52/h1-37H. The summed E-state index contributed by atoms with van der Waals surface area (Å²) in [5, 5.41) is 2.66. The summed E-state index contributed by atoms with van der Waals surface area (Å²) < 4.78 is 2.68. The Morgan fingerprint density at radius 3 is 1.18 bits per heavy atom. The van der Waals surface area contributed by atoms with Gasteiger partial charge in [-0.2, -0.15) is 0 Å². The van der Waals surface area contributed by atoms with Gasteiger partial charge >= 0.3 is 0 Å². The summed E-state index contributed by atoms with van der Waals surface area (Å²) in [6, 6.07) is 81.1. The summed E-state index contributed by atoms with van der Waals surface area (Å²) in [4.78, 5) is 2.34. The van der Waals surface area contributed by atoms with Crippen molar-refractivity contribution in [3.05, 3.63) is 224 Å². The highest BCUT2D eigenvalue weighted by atomic mass is 32.1. The fourth-order valence-electron chi connectivity index (χ4n) is 7.81. The highest BCUT2D eigenvalue weighted by Gasteiger charge is 2.15. The van der Waals surface area contributed by atoms with Crippen LogP contribution in [0.25, 0.3) is 75.8 Å². The minimum absolute atomic E-state index is 1.11. The average Bonchev–Trinajstić information content (AvgIpc) is 3.67. The van der Waals surface area contributed by atoms with Gasteiger partial charge in [-0.3, -0.25) is 0 Å². The van der Waals surface area contributed by atoms with Crippen LogP contribution in [0.3, 0.4) is 0 Å². The van der Waals surface area contributed by atoms with Crippen LogP contribution in [0.4, 0.5) is 17.1 Å². The van der Waals surface area contributed by atoms with Gasteiger partial charge in [0.15, 0.2) is 0 Å². The van der Waals surface area contributed by atoms with Crippen molar-refractivity contribution in [3.63, 3.8) is 0 Å². The molecule has 0 spiro atoms. The highest BCUT2D eigenvalue weighted by molar-refractivity contribution is 7.26. The lowest BCUT2D eigenvalue weighted by Crippen LogP contribution is -2.09. The normalized spacial score (nSPS) is 11.2. The van der Waals surface area contributed by atoms with Crippen LogP contribution in [0, 0.1) is 0 Å². The van der Waals surface area contributed by atoms with Crippen molar-refractivity contribution in [2.45, 2.75) is 0 Å². The molecule has 56 heavy (non-hydrogen) atoms. The van der Waals surface area contributed by atoms with Crippen LogP contribution in [-0.4, -0.2) is 0 Å². The van der Waals surface area contributed by atoms with Crippen molar-refractivity contribution in [1.82, 2.24) is 0 Å². The first-order valence-corrected chi connectivity index (χ1v) is 19.9. The van der Waals surface area contributed by atoms with E-state index in [-0.39, 0.29) is 0 Å². The average molecular weight is 732 g/mol. The molecule has 0 aliphatic carbocycles. The third kappa shape index (κ3) is 6.47. The van der Waals surface area contributed by atoms with E-state index in [1.54, 1.807) is 0 Å². The van der Waals surface area contributed by atoms with E-state index in [0.29, 0.717) is 0 Å². The Hall–Kier alpha value is -7.00. The van der Waals surface area contributed by atoms with Crippen molar-refractivity contribution in [3.8, 4) is 55.6 Å². The molecule has 0 aliphatic heterocycles. The predicted molar refractivity (Wildman–Crippen MR) is 241 cm³/mol. The Labute approximate surface area is 332 Å². The van der Waals surface area contributed by atoms with Gasteiger partial charge in [-0.25, -0.2) is 0 Å². The zero-order valence-corrected chi connectivity index (χ0v) is 31.5. The summed E-state index contributed by atoms with van der Waals surface area (Å²) in [5.41, 5.74) is 15.5. The Bertz CT molecular complexity index is 2830. The maximum Gasteiger partial charge on any atom is 0.0462 e. The van der Waals surface area contributed by atoms with Gasteiger partial charge in [-0.05, 0) is 104 Å². The van der Waals surface area contributed by atoms with Crippen LogP contribution in [0.15, 0.2) is 224 Å². The number of thiophene rings is 1. The van der Waals surface area contributed by atoms with Crippen LogP contribution in [-0.2, 0) is 0 Å². The van der Waals surface area contributed by atoms with Crippen LogP contribution >= 0.6 is 11.3 Å². The third-order valence-electron chi connectivity index (χ3n) is 10.7. The molecule has 10 rings (SSSR count). The van der Waals surface area contributed by atoms with Crippen molar-refractivity contribution in [2.24, 2.45) is 0 Å². The van der Waals surface area contributed by atoms with E-state index < -0.39 is 0 Å². The summed E-state index contributed by atoms with van der Waals surface area (Å²) >= 11 is 1.88. The molecule has 0 amide bonds. The maximum atomic E-state index is 2.34. The van der Waals surface area contributed by atoms with E-state index in [0.717, 1.165) is 17.1 Å². The fraction of sp³-hybridized carbons (Fsp3) is 0. The van der Waals surface area contributed by atoms with E-state index in [4.69, 9.17) is 0 Å². The Morgan fingerprint density at radius 1 is 0.268 bits per heavy atom. The number of rotatable bonds is 8. The summed E-state index contributed by atoms with van der Waals surface area (Å²) in [5.74, 6) is 0. The molecule has 0 unspecified atom stereocenters. The second-order valence-corrected chi connectivity index (χ2v) is 15.2. The summed E-state index contributed by atoms with van der Waals surface area (Å²) in [7, 11) is 0. The van der Waals surface area contributed by atoms with Gasteiger partial charge in [-0.1, -0.05) is 176 Å². The van der Waals surface area contributed by atoms with Gasteiger partial charge in [0.2, 0.25) is 0 Å². The topological polar surface area (TPSA) is 3.24 Å².